The van der Waals surface area contributed by atoms with Crippen molar-refractivity contribution in [1.82, 2.24) is 19.7 Å². The summed E-state index contributed by atoms with van der Waals surface area (Å²) in [6.45, 7) is 7.53. The van der Waals surface area contributed by atoms with Gasteiger partial charge in [-0.3, -0.25) is 14.3 Å². The minimum atomic E-state index is -4.85. The van der Waals surface area contributed by atoms with Gasteiger partial charge in [0.15, 0.2) is 5.69 Å². The van der Waals surface area contributed by atoms with E-state index in [1.165, 1.54) is 18.2 Å². The van der Waals surface area contributed by atoms with Crippen LogP contribution in [0.5, 0.6) is 5.88 Å². The molecule has 0 saturated heterocycles. The van der Waals surface area contributed by atoms with E-state index in [0.29, 0.717) is 5.56 Å². The largest absolute Gasteiger partial charge is 0.481 e. The second kappa shape index (κ2) is 11.9. The second-order valence-electron chi connectivity index (χ2n) is 11.2. The molecule has 2 heterocycles. The zero-order valence-corrected chi connectivity index (χ0v) is 24.0. The molecule has 0 bridgehead atoms. The zero-order valence-electron chi connectivity index (χ0n) is 22.5. The normalized spacial score (nSPS) is 20.1. The first-order valence-electron chi connectivity index (χ1n) is 12.6. The summed E-state index contributed by atoms with van der Waals surface area (Å²) in [7, 11) is 1.40. The summed E-state index contributed by atoms with van der Waals surface area (Å²) in [6, 6.07) is -0.674. The Hall–Kier alpha value is -2.53. The van der Waals surface area contributed by atoms with Crippen molar-refractivity contribution in [3.05, 3.63) is 39.3 Å². The predicted molar refractivity (Wildman–Crippen MR) is 140 cm³/mol. The van der Waals surface area contributed by atoms with Gasteiger partial charge >= 0.3 is 12.1 Å². The van der Waals surface area contributed by atoms with E-state index >= 15 is 0 Å². The van der Waals surface area contributed by atoms with E-state index in [2.05, 4.69) is 10.1 Å². The number of alkyl halides is 3. The maximum atomic E-state index is 14.4. The van der Waals surface area contributed by atoms with Crippen LogP contribution in [0.3, 0.4) is 0 Å². The SMILES string of the molecule is COc1ncc(Cl)c(CCN(CC(C)(C)C)C(=O)c2cnn(C3CCC(C(=O)O)C(C)C3)c2C(F)(F)F)c1Cl. The number of carboxylic acid groups (broad SMARTS) is 1. The Kier molecular flexibility index (Phi) is 9.47. The summed E-state index contributed by atoms with van der Waals surface area (Å²) in [5.41, 5.74) is -1.64. The molecule has 0 spiro atoms. The van der Waals surface area contributed by atoms with Crippen LogP contribution in [0.1, 0.15) is 74.6 Å². The standard InChI is InChI=1S/C26H33Cl2F3N4O4/c1-14-10-15(6-7-16(14)24(37)38)35-21(26(29,30)31)18(11-33-35)23(36)34(13-25(2,3)4)9-8-17-19(27)12-32-22(39-5)20(17)28/h11-12,14-16H,6-10,13H2,1-5H3,(H,37,38). The molecule has 1 fully saturated rings. The molecule has 13 heteroatoms. The van der Waals surface area contributed by atoms with Crippen LogP contribution in [0, 0.1) is 17.3 Å². The van der Waals surface area contributed by atoms with Gasteiger partial charge in [0.05, 0.1) is 35.9 Å². The molecule has 3 rings (SSSR count). The van der Waals surface area contributed by atoms with E-state index in [0.717, 1.165) is 10.9 Å². The maximum Gasteiger partial charge on any atom is 0.433 e. The highest BCUT2D eigenvalue weighted by Gasteiger charge is 2.44. The molecule has 39 heavy (non-hydrogen) atoms. The summed E-state index contributed by atoms with van der Waals surface area (Å²) in [5.74, 6) is -2.59. The van der Waals surface area contributed by atoms with Crippen LogP contribution in [0.2, 0.25) is 10.0 Å². The third kappa shape index (κ3) is 7.16. The Balaban J connectivity index is 1.96. The van der Waals surface area contributed by atoms with Crippen LogP contribution in [0.25, 0.3) is 0 Å². The Morgan fingerprint density at radius 2 is 1.87 bits per heavy atom. The summed E-state index contributed by atoms with van der Waals surface area (Å²) >= 11 is 12.7. The summed E-state index contributed by atoms with van der Waals surface area (Å²) < 4.78 is 49.3. The van der Waals surface area contributed by atoms with Gasteiger partial charge in [0.25, 0.3) is 5.91 Å². The van der Waals surface area contributed by atoms with E-state index in [4.69, 9.17) is 27.9 Å². The van der Waals surface area contributed by atoms with E-state index in [1.807, 2.05) is 20.8 Å². The van der Waals surface area contributed by atoms with Gasteiger partial charge in [0.1, 0.15) is 5.02 Å². The number of ether oxygens (including phenoxy) is 1. The van der Waals surface area contributed by atoms with Crippen molar-refractivity contribution < 1.29 is 32.6 Å². The average Bonchev–Trinajstić information content (AvgIpc) is 3.28. The molecule has 1 aliphatic carbocycles. The molecule has 1 N–H and O–H groups in total. The predicted octanol–water partition coefficient (Wildman–Crippen LogP) is 6.41. The zero-order chi connectivity index (χ0) is 29.3. The monoisotopic (exact) mass is 592 g/mol. The fraction of sp³-hybridized carbons (Fsp3) is 0.615. The third-order valence-electron chi connectivity index (χ3n) is 6.91. The number of nitrogens with zero attached hydrogens (tertiary/aromatic N) is 4. The number of aliphatic carboxylic acids is 1. The van der Waals surface area contributed by atoms with Crippen molar-refractivity contribution in [2.24, 2.45) is 17.3 Å². The highest BCUT2D eigenvalue weighted by molar-refractivity contribution is 6.36. The number of carbonyl (C=O) groups is 2. The van der Waals surface area contributed by atoms with E-state index in [1.54, 1.807) is 6.92 Å². The minimum Gasteiger partial charge on any atom is -0.481 e. The van der Waals surface area contributed by atoms with Gasteiger partial charge in [0.2, 0.25) is 5.88 Å². The number of pyridine rings is 1. The fourth-order valence-corrected chi connectivity index (χ4v) is 5.74. The first kappa shape index (κ1) is 31.0. The number of amides is 1. The van der Waals surface area contributed by atoms with Crippen LogP contribution in [-0.4, -0.2) is 56.8 Å². The molecule has 1 aliphatic rings. The lowest BCUT2D eigenvalue weighted by atomic mass is 9.78. The second-order valence-corrected chi connectivity index (χ2v) is 12.0. The quantitative estimate of drug-likeness (QED) is 0.380. The van der Waals surface area contributed by atoms with Gasteiger partial charge in [-0.1, -0.05) is 50.9 Å². The van der Waals surface area contributed by atoms with Crippen LogP contribution in [-0.2, 0) is 17.4 Å². The lowest BCUT2D eigenvalue weighted by Crippen LogP contribution is -2.40. The number of hydrogen-bond donors (Lipinski definition) is 1. The fourth-order valence-electron chi connectivity index (χ4n) is 5.13. The smallest absolute Gasteiger partial charge is 0.433 e. The first-order chi connectivity index (χ1) is 18.0. The number of hydrogen-bond acceptors (Lipinski definition) is 5. The molecule has 1 amide bonds. The van der Waals surface area contributed by atoms with Crippen molar-refractivity contribution in [3.8, 4) is 5.88 Å². The van der Waals surface area contributed by atoms with Crippen molar-refractivity contribution in [1.29, 1.82) is 0 Å². The van der Waals surface area contributed by atoms with Gasteiger partial charge < -0.3 is 14.7 Å². The lowest BCUT2D eigenvalue weighted by Gasteiger charge is -2.33. The number of methoxy groups -OCH3 is 1. The molecule has 2 aromatic rings. The molecule has 0 aliphatic heterocycles. The van der Waals surface area contributed by atoms with Crippen molar-refractivity contribution in [2.75, 3.05) is 20.2 Å². The molecular formula is C26H33Cl2F3N4O4. The van der Waals surface area contributed by atoms with Gasteiger partial charge in [-0.25, -0.2) is 4.98 Å². The highest BCUT2D eigenvalue weighted by Crippen LogP contribution is 2.41. The molecular weight excluding hydrogens is 560 g/mol. The van der Waals surface area contributed by atoms with E-state index in [9.17, 15) is 27.9 Å². The van der Waals surface area contributed by atoms with Crippen LogP contribution < -0.4 is 4.74 Å². The third-order valence-corrected chi connectivity index (χ3v) is 7.63. The summed E-state index contributed by atoms with van der Waals surface area (Å²) in [5, 5.41) is 13.8. The Morgan fingerprint density at radius 1 is 1.21 bits per heavy atom. The molecule has 1 saturated carbocycles. The summed E-state index contributed by atoms with van der Waals surface area (Å²) in [6.07, 6.45) is -1.71. The van der Waals surface area contributed by atoms with E-state index < -0.39 is 46.7 Å². The Morgan fingerprint density at radius 3 is 2.41 bits per heavy atom. The lowest BCUT2D eigenvalue weighted by molar-refractivity contribution is -0.149. The summed E-state index contributed by atoms with van der Waals surface area (Å²) in [4.78, 5) is 30.5. The van der Waals surface area contributed by atoms with Gasteiger partial charge in [-0.05, 0) is 42.6 Å². The molecule has 216 valence electrons. The van der Waals surface area contributed by atoms with Gasteiger partial charge in [-0.2, -0.15) is 18.3 Å². The number of carbonyl (C=O) groups excluding carboxylic acids is 1. The van der Waals surface area contributed by atoms with Crippen LogP contribution >= 0.6 is 23.2 Å². The van der Waals surface area contributed by atoms with Gasteiger partial charge in [0, 0.05) is 19.3 Å². The molecule has 3 atom stereocenters. The Labute approximate surface area is 235 Å². The first-order valence-corrected chi connectivity index (χ1v) is 13.3. The number of carboxylic acids is 1. The maximum absolute atomic E-state index is 14.4. The Bertz CT molecular complexity index is 1210. The van der Waals surface area contributed by atoms with Crippen molar-refractivity contribution in [3.63, 3.8) is 0 Å². The molecule has 8 nitrogen and oxygen atoms in total. The van der Waals surface area contributed by atoms with Crippen LogP contribution in [0.15, 0.2) is 12.4 Å². The highest BCUT2D eigenvalue weighted by atomic mass is 35.5. The molecule has 2 aromatic heterocycles. The van der Waals surface area contributed by atoms with Crippen LogP contribution in [0.4, 0.5) is 13.2 Å². The van der Waals surface area contributed by atoms with Gasteiger partial charge in [-0.15, -0.1) is 0 Å². The van der Waals surface area contributed by atoms with Crippen molar-refractivity contribution in [2.45, 2.75) is 65.6 Å². The molecule has 0 radical (unpaired) electrons. The molecule has 0 aromatic carbocycles. The number of rotatable bonds is 8. The number of halogens is 5. The topological polar surface area (TPSA) is 97.5 Å². The van der Waals surface area contributed by atoms with E-state index in [-0.39, 0.29) is 60.6 Å². The minimum absolute atomic E-state index is 0.0337. The number of aromatic nitrogens is 3. The average molecular weight is 593 g/mol. The van der Waals surface area contributed by atoms with Crippen molar-refractivity contribution >= 4 is 35.1 Å². The molecule has 3 unspecified atom stereocenters.